The molecular formula is C21H25N5O2. The van der Waals surface area contributed by atoms with Gasteiger partial charge in [0.2, 0.25) is 5.91 Å². The molecule has 7 nitrogen and oxygen atoms in total. The lowest BCUT2D eigenvalue weighted by atomic mass is 9.95. The van der Waals surface area contributed by atoms with E-state index in [1.165, 1.54) is 12.0 Å². The molecule has 2 aliphatic rings. The van der Waals surface area contributed by atoms with Crippen LogP contribution in [0.25, 0.3) is 0 Å². The highest BCUT2D eigenvalue weighted by Crippen LogP contribution is 2.24. The summed E-state index contributed by atoms with van der Waals surface area (Å²) in [4.78, 5) is 35.1. The smallest absolute Gasteiger partial charge is 0.319 e. The summed E-state index contributed by atoms with van der Waals surface area (Å²) >= 11 is 0. The first kappa shape index (κ1) is 18.4. The average molecular weight is 379 g/mol. The maximum atomic E-state index is 12.3. The number of urea groups is 1. The van der Waals surface area contributed by atoms with Gasteiger partial charge < -0.3 is 15.5 Å². The number of benzene rings is 1. The molecule has 1 aromatic heterocycles. The number of anilines is 2. The monoisotopic (exact) mass is 379 g/mol. The average Bonchev–Trinajstić information content (AvgIpc) is 3.13. The van der Waals surface area contributed by atoms with E-state index in [2.05, 4.69) is 20.6 Å². The molecule has 1 aliphatic heterocycles. The van der Waals surface area contributed by atoms with Crippen LogP contribution >= 0.6 is 0 Å². The first-order valence-electron chi connectivity index (χ1n) is 9.91. The predicted molar refractivity (Wildman–Crippen MR) is 107 cm³/mol. The van der Waals surface area contributed by atoms with Crippen LogP contribution in [0.3, 0.4) is 0 Å². The Morgan fingerprint density at radius 3 is 2.82 bits per heavy atom. The van der Waals surface area contributed by atoms with Crippen molar-refractivity contribution in [1.29, 1.82) is 0 Å². The van der Waals surface area contributed by atoms with Crippen molar-refractivity contribution in [2.75, 3.05) is 16.8 Å². The maximum absolute atomic E-state index is 12.3. The van der Waals surface area contributed by atoms with E-state index in [4.69, 9.17) is 0 Å². The van der Waals surface area contributed by atoms with Crippen molar-refractivity contribution in [1.82, 2.24) is 15.3 Å². The van der Waals surface area contributed by atoms with E-state index in [-0.39, 0.29) is 18.5 Å². The van der Waals surface area contributed by atoms with E-state index in [9.17, 15) is 9.59 Å². The first-order valence-corrected chi connectivity index (χ1v) is 9.91. The van der Waals surface area contributed by atoms with Crippen molar-refractivity contribution in [3.05, 3.63) is 47.0 Å². The minimum Gasteiger partial charge on any atom is -0.331 e. The Morgan fingerprint density at radius 1 is 1.14 bits per heavy atom. The Balaban J connectivity index is 1.37. The molecule has 0 spiro atoms. The van der Waals surface area contributed by atoms with Crippen LogP contribution in [0.1, 0.15) is 48.5 Å². The number of rotatable bonds is 4. The third-order valence-corrected chi connectivity index (χ3v) is 5.33. The van der Waals surface area contributed by atoms with Crippen LogP contribution in [0.5, 0.6) is 0 Å². The van der Waals surface area contributed by atoms with Gasteiger partial charge in [-0.1, -0.05) is 6.07 Å². The van der Waals surface area contributed by atoms with Crippen molar-refractivity contribution in [2.24, 2.45) is 0 Å². The highest BCUT2D eigenvalue weighted by Gasteiger charge is 2.22. The molecule has 1 aliphatic carbocycles. The standard InChI is InChI=1S/C21H25N5O2/c1-14-17-8-2-3-9-18(17)25-19(23-14)13-22-21(28)24-15-6-4-7-16(12-15)26-11-5-10-20(26)27/h4,6-7,12H,2-3,5,8-11,13H2,1H3,(H2,22,24,28). The summed E-state index contributed by atoms with van der Waals surface area (Å²) in [5.74, 6) is 0.770. The summed E-state index contributed by atoms with van der Waals surface area (Å²) in [5, 5.41) is 5.65. The Morgan fingerprint density at radius 2 is 2.00 bits per heavy atom. The van der Waals surface area contributed by atoms with Crippen molar-refractivity contribution in [2.45, 2.75) is 52.0 Å². The van der Waals surface area contributed by atoms with Gasteiger partial charge in [0, 0.05) is 35.7 Å². The fourth-order valence-corrected chi connectivity index (χ4v) is 3.93. The lowest BCUT2D eigenvalue weighted by molar-refractivity contribution is -0.117. The molecule has 0 bridgehead atoms. The van der Waals surface area contributed by atoms with Gasteiger partial charge in [-0.15, -0.1) is 0 Å². The normalized spacial score (nSPS) is 16.0. The molecule has 2 heterocycles. The van der Waals surface area contributed by atoms with Crippen LogP contribution in [0, 0.1) is 6.92 Å². The largest absolute Gasteiger partial charge is 0.331 e. The van der Waals surface area contributed by atoms with E-state index in [0.29, 0.717) is 17.9 Å². The Labute approximate surface area is 164 Å². The summed E-state index contributed by atoms with van der Waals surface area (Å²) in [5.41, 5.74) is 4.88. The molecule has 0 atom stereocenters. The number of carbonyl (C=O) groups excluding carboxylic acids is 2. The van der Waals surface area contributed by atoms with Gasteiger partial charge in [0.05, 0.1) is 6.54 Å². The van der Waals surface area contributed by atoms with Crippen LogP contribution < -0.4 is 15.5 Å². The van der Waals surface area contributed by atoms with Crippen LogP contribution in [0.2, 0.25) is 0 Å². The fraction of sp³-hybridized carbons (Fsp3) is 0.429. The lowest BCUT2D eigenvalue weighted by Crippen LogP contribution is -2.29. The number of hydrogen-bond acceptors (Lipinski definition) is 4. The molecule has 0 saturated carbocycles. The maximum Gasteiger partial charge on any atom is 0.319 e. The van der Waals surface area contributed by atoms with Crippen molar-refractivity contribution in [3.63, 3.8) is 0 Å². The molecule has 2 N–H and O–H groups in total. The number of fused-ring (bicyclic) bond motifs is 1. The van der Waals surface area contributed by atoms with Gasteiger partial charge in [0.15, 0.2) is 0 Å². The molecule has 1 aromatic carbocycles. The number of aryl methyl sites for hydroxylation is 2. The van der Waals surface area contributed by atoms with Crippen molar-refractivity contribution < 1.29 is 9.59 Å². The number of aromatic nitrogens is 2. The third-order valence-electron chi connectivity index (χ3n) is 5.33. The summed E-state index contributed by atoms with van der Waals surface area (Å²) in [6, 6.07) is 7.04. The number of hydrogen-bond donors (Lipinski definition) is 2. The Kier molecular flexibility index (Phi) is 5.23. The summed E-state index contributed by atoms with van der Waals surface area (Å²) in [7, 11) is 0. The number of amides is 3. The van der Waals surface area contributed by atoms with Crippen LogP contribution in [0.15, 0.2) is 24.3 Å². The second-order valence-electron chi connectivity index (χ2n) is 7.36. The quantitative estimate of drug-likeness (QED) is 0.854. The molecule has 0 radical (unpaired) electrons. The SMILES string of the molecule is Cc1nc(CNC(=O)Nc2cccc(N3CCCC3=O)c2)nc2c1CCCC2. The van der Waals surface area contributed by atoms with Gasteiger partial charge in [-0.3, -0.25) is 4.79 Å². The molecule has 7 heteroatoms. The van der Waals surface area contributed by atoms with E-state index >= 15 is 0 Å². The predicted octanol–water partition coefficient (Wildman–Crippen LogP) is 3.11. The number of carbonyl (C=O) groups is 2. The van der Waals surface area contributed by atoms with Crippen LogP contribution in [-0.4, -0.2) is 28.5 Å². The van der Waals surface area contributed by atoms with Crippen molar-refractivity contribution in [3.8, 4) is 0 Å². The lowest BCUT2D eigenvalue weighted by Gasteiger charge is -2.18. The number of nitrogens with zero attached hydrogens (tertiary/aromatic N) is 3. The van der Waals surface area contributed by atoms with Gasteiger partial charge in [0.25, 0.3) is 0 Å². The van der Waals surface area contributed by atoms with Gasteiger partial charge >= 0.3 is 6.03 Å². The molecule has 0 unspecified atom stereocenters. The summed E-state index contributed by atoms with van der Waals surface area (Å²) in [6.45, 7) is 3.02. The van der Waals surface area contributed by atoms with Gasteiger partial charge in [0.1, 0.15) is 5.82 Å². The highest BCUT2D eigenvalue weighted by atomic mass is 16.2. The summed E-state index contributed by atoms with van der Waals surface area (Å²) in [6.07, 6.45) is 5.84. The molecule has 1 saturated heterocycles. The topological polar surface area (TPSA) is 87.2 Å². The molecule has 3 amide bonds. The highest BCUT2D eigenvalue weighted by molar-refractivity contribution is 5.96. The van der Waals surface area contributed by atoms with Crippen LogP contribution in [0.4, 0.5) is 16.2 Å². The Hall–Kier alpha value is -2.96. The summed E-state index contributed by atoms with van der Waals surface area (Å²) < 4.78 is 0. The Bertz CT molecular complexity index is 912. The van der Waals surface area contributed by atoms with E-state index in [0.717, 1.165) is 49.3 Å². The van der Waals surface area contributed by atoms with Crippen molar-refractivity contribution >= 4 is 23.3 Å². The molecule has 2 aromatic rings. The molecule has 146 valence electrons. The van der Waals surface area contributed by atoms with Crippen LogP contribution in [-0.2, 0) is 24.2 Å². The minimum absolute atomic E-state index is 0.126. The second-order valence-corrected chi connectivity index (χ2v) is 7.36. The zero-order valence-electron chi connectivity index (χ0n) is 16.1. The number of nitrogens with one attached hydrogen (secondary N) is 2. The second kappa shape index (κ2) is 7.96. The van der Waals surface area contributed by atoms with E-state index in [1.807, 2.05) is 31.2 Å². The zero-order chi connectivity index (χ0) is 19.5. The molecular weight excluding hydrogens is 354 g/mol. The fourth-order valence-electron chi connectivity index (χ4n) is 3.93. The molecule has 1 fully saturated rings. The zero-order valence-corrected chi connectivity index (χ0v) is 16.1. The van der Waals surface area contributed by atoms with E-state index in [1.54, 1.807) is 4.90 Å². The molecule has 4 rings (SSSR count). The minimum atomic E-state index is -0.316. The van der Waals surface area contributed by atoms with Gasteiger partial charge in [-0.25, -0.2) is 14.8 Å². The first-order chi connectivity index (χ1) is 13.6. The third kappa shape index (κ3) is 3.98. The van der Waals surface area contributed by atoms with E-state index < -0.39 is 0 Å². The van der Waals surface area contributed by atoms with Gasteiger partial charge in [-0.05, 0) is 62.8 Å². The van der Waals surface area contributed by atoms with Gasteiger partial charge in [-0.2, -0.15) is 0 Å². The molecule has 28 heavy (non-hydrogen) atoms.